The first kappa shape index (κ1) is 101. The lowest BCUT2D eigenvalue weighted by Crippen LogP contribution is -2.30. The molecule has 0 rings (SSSR count). The van der Waals surface area contributed by atoms with E-state index < -0.39 is 97.5 Å². The van der Waals surface area contributed by atoms with Crippen molar-refractivity contribution in [2.75, 3.05) is 39.6 Å². The average Bonchev–Trinajstić information content (AvgIpc) is 0.933. The molecule has 3 N–H and O–H groups in total. The van der Waals surface area contributed by atoms with Crippen LogP contribution in [0.4, 0.5) is 0 Å². The van der Waals surface area contributed by atoms with Crippen LogP contribution in [-0.2, 0) is 65.4 Å². The molecule has 0 bridgehead atoms. The van der Waals surface area contributed by atoms with Crippen LogP contribution in [0.5, 0.6) is 0 Å². The summed E-state index contributed by atoms with van der Waals surface area (Å²) >= 11 is 0. The van der Waals surface area contributed by atoms with E-state index in [4.69, 9.17) is 37.0 Å². The lowest BCUT2D eigenvalue weighted by atomic mass is 10.0. The van der Waals surface area contributed by atoms with Gasteiger partial charge in [-0.1, -0.05) is 308 Å². The highest BCUT2D eigenvalue weighted by molar-refractivity contribution is 7.47. The summed E-state index contributed by atoms with van der Waals surface area (Å²) in [6.07, 6.45) is 91.1. The van der Waals surface area contributed by atoms with Gasteiger partial charge in [0.05, 0.1) is 32.8 Å². The molecule has 0 aliphatic rings. The molecule has 0 aromatic carbocycles. The minimum absolute atomic E-state index is 0.0878. The number of hydrogen-bond acceptors (Lipinski definition) is 15. The second-order valence-corrected chi connectivity index (χ2v) is 29.5. The van der Waals surface area contributed by atoms with Crippen molar-refractivity contribution in [3.8, 4) is 0 Å². The summed E-state index contributed by atoms with van der Waals surface area (Å²) in [4.78, 5) is 73.0. The third-order valence-electron chi connectivity index (χ3n) is 16.5. The molecule has 5 atom stereocenters. The molecule has 0 spiro atoms. The van der Waals surface area contributed by atoms with Gasteiger partial charge in [-0.3, -0.25) is 37.3 Å². The topological polar surface area (TPSA) is 237 Å². The van der Waals surface area contributed by atoms with Crippen molar-refractivity contribution in [1.82, 2.24) is 0 Å². The number of phosphoric ester groups is 2. The van der Waals surface area contributed by atoms with E-state index in [1.807, 2.05) is 12.2 Å². The Hall–Kier alpha value is -5.32. The van der Waals surface area contributed by atoms with Gasteiger partial charge >= 0.3 is 39.5 Å². The smallest absolute Gasteiger partial charge is 0.462 e. The van der Waals surface area contributed by atoms with Gasteiger partial charge < -0.3 is 33.8 Å². The quantitative estimate of drug-likeness (QED) is 0.0169. The summed E-state index contributed by atoms with van der Waals surface area (Å²) in [5.41, 5.74) is 0. The number of rotatable bonds is 75. The summed E-state index contributed by atoms with van der Waals surface area (Å²) < 4.78 is 68.5. The van der Waals surface area contributed by atoms with Crippen molar-refractivity contribution in [1.29, 1.82) is 0 Å². The Morgan fingerprint density at radius 1 is 0.283 bits per heavy atom. The number of unbranched alkanes of at least 4 members (excludes halogenated alkanes) is 24. The van der Waals surface area contributed by atoms with E-state index in [-0.39, 0.29) is 25.7 Å². The van der Waals surface area contributed by atoms with Gasteiger partial charge in [0.2, 0.25) is 0 Å². The predicted octanol–water partition coefficient (Wildman–Crippen LogP) is 24.0. The van der Waals surface area contributed by atoms with Gasteiger partial charge in [-0.05, 0) is 135 Å². The number of carbonyl (C=O) groups is 4. The zero-order chi connectivity index (χ0) is 77.4. The number of aliphatic hydroxyl groups excluding tert-OH is 1. The number of phosphoric acid groups is 2. The van der Waals surface area contributed by atoms with Crippen LogP contribution in [0.3, 0.4) is 0 Å². The second kappa shape index (κ2) is 77.8. The van der Waals surface area contributed by atoms with E-state index in [9.17, 15) is 43.2 Å². The Labute approximate surface area is 642 Å². The monoisotopic (exact) mass is 1520 g/mol. The molecule has 0 aliphatic carbocycles. The lowest BCUT2D eigenvalue weighted by molar-refractivity contribution is -0.161. The van der Waals surface area contributed by atoms with E-state index in [1.165, 1.54) is 70.6 Å². The summed E-state index contributed by atoms with van der Waals surface area (Å²) in [5, 5.41) is 10.6. The molecular weight excluding hydrogens is 1380 g/mol. The Balaban J connectivity index is 5.45. The largest absolute Gasteiger partial charge is 0.472 e. The number of hydrogen-bond donors (Lipinski definition) is 3. The maximum absolute atomic E-state index is 13.1. The Morgan fingerprint density at radius 3 is 0.868 bits per heavy atom. The second-order valence-electron chi connectivity index (χ2n) is 26.6. The van der Waals surface area contributed by atoms with Crippen LogP contribution in [-0.4, -0.2) is 96.7 Å². The summed E-state index contributed by atoms with van der Waals surface area (Å²) in [6, 6.07) is 0. The van der Waals surface area contributed by atoms with Crippen LogP contribution in [0.25, 0.3) is 0 Å². The van der Waals surface area contributed by atoms with Gasteiger partial charge in [0.15, 0.2) is 12.2 Å². The molecule has 0 radical (unpaired) electrons. The van der Waals surface area contributed by atoms with Crippen LogP contribution in [0.15, 0.2) is 158 Å². The highest BCUT2D eigenvalue weighted by atomic mass is 31.2. The van der Waals surface area contributed by atoms with Crippen LogP contribution >= 0.6 is 15.6 Å². The fourth-order valence-corrected chi connectivity index (χ4v) is 12.0. The van der Waals surface area contributed by atoms with Crippen LogP contribution < -0.4 is 0 Å². The van der Waals surface area contributed by atoms with Crippen molar-refractivity contribution in [3.05, 3.63) is 158 Å². The van der Waals surface area contributed by atoms with E-state index in [1.54, 1.807) is 12.2 Å². The van der Waals surface area contributed by atoms with Crippen molar-refractivity contribution >= 4 is 39.5 Å². The first-order valence-electron chi connectivity index (χ1n) is 40.7. The highest BCUT2D eigenvalue weighted by Gasteiger charge is 2.30. The molecule has 19 heteroatoms. The minimum atomic E-state index is -5.02. The van der Waals surface area contributed by atoms with Crippen LogP contribution in [0.2, 0.25) is 0 Å². The average molecular weight is 1520 g/mol. The summed E-state index contributed by atoms with van der Waals surface area (Å²) in [7, 11) is -10.0. The number of ether oxygens (including phenoxy) is 4. The first-order chi connectivity index (χ1) is 51.7. The molecule has 0 saturated carbocycles. The SMILES string of the molecule is CC/C=C\C/C=C\C/C=C\C/C=C\C/C=C\CCCCCC(=O)OCC(COP(=O)(O)OCC(O)COP(=O)(O)OCC(COC(=O)CCCCCCCC/C=C\C/C=C\C/C=C\CCCCC)OC(=O)CCCCCCCCCCCCCCC)OC(=O)C/C=C\C/C=C\C/C=C\C/C=C\C/C=C\CC. The molecule has 0 amide bonds. The predicted molar refractivity (Wildman–Crippen MR) is 436 cm³/mol. The number of allylic oxidation sites excluding steroid dienone is 25. The van der Waals surface area contributed by atoms with Crippen molar-refractivity contribution in [2.24, 2.45) is 0 Å². The van der Waals surface area contributed by atoms with Gasteiger partial charge in [0.25, 0.3) is 0 Å². The van der Waals surface area contributed by atoms with E-state index in [0.717, 1.165) is 161 Å². The van der Waals surface area contributed by atoms with Gasteiger partial charge in [0, 0.05) is 19.3 Å². The Morgan fingerprint density at radius 2 is 0.528 bits per heavy atom. The van der Waals surface area contributed by atoms with Crippen molar-refractivity contribution < 1.29 is 80.2 Å². The Kier molecular flexibility index (Phi) is 73.9. The van der Waals surface area contributed by atoms with Crippen molar-refractivity contribution in [3.63, 3.8) is 0 Å². The molecule has 0 aromatic heterocycles. The number of esters is 4. The van der Waals surface area contributed by atoms with Gasteiger partial charge in [-0.15, -0.1) is 0 Å². The lowest BCUT2D eigenvalue weighted by Gasteiger charge is -2.21. The molecule has 5 unspecified atom stereocenters. The van der Waals surface area contributed by atoms with Crippen molar-refractivity contribution in [2.45, 2.75) is 329 Å². The Bertz CT molecular complexity index is 2630. The van der Waals surface area contributed by atoms with E-state index in [2.05, 4.69) is 161 Å². The van der Waals surface area contributed by atoms with Crippen LogP contribution in [0.1, 0.15) is 310 Å². The van der Waals surface area contributed by atoms with Gasteiger partial charge in [0.1, 0.15) is 19.3 Å². The molecule has 17 nitrogen and oxygen atoms in total. The van der Waals surface area contributed by atoms with Gasteiger partial charge in [-0.25, -0.2) is 9.13 Å². The normalized spacial score (nSPS) is 14.7. The maximum Gasteiger partial charge on any atom is 0.472 e. The summed E-state index contributed by atoms with van der Waals surface area (Å²) in [6.45, 7) is 4.46. The van der Waals surface area contributed by atoms with Crippen LogP contribution in [0, 0.1) is 0 Å². The first-order valence-corrected chi connectivity index (χ1v) is 43.7. The molecule has 0 heterocycles. The molecule has 106 heavy (non-hydrogen) atoms. The molecule has 0 aliphatic heterocycles. The van der Waals surface area contributed by atoms with Gasteiger partial charge in [-0.2, -0.15) is 0 Å². The molecule has 0 aromatic rings. The zero-order valence-corrected chi connectivity index (χ0v) is 67.8. The fourth-order valence-electron chi connectivity index (χ4n) is 10.4. The number of carbonyl (C=O) groups excluding carboxylic acids is 4. The summed E-state index contributed by atoms with van der Waals surface area (Å²) in [5.74, 6) is -2.38. The molecular formula is C87H144O17P2. The third kappa shape index (κ3) is 76.9. The maximum atomic E-state index is 13.1. The molecule has 0 fully saturated rings. The molecule has 604 valence electrons. The fraction of sp³-hybridized carbons (Fsp3) is 0.655. The highest BCUT2D eigenvalue weighted by Crippen LogP contribution is 2.45. The van der Waals surface area contributed by atoms with E-state index >= 15 is 0 Å². The minimum Gasteiger partial charge on any atom is -0.462 e. The molecule has 0 saturated heterocycles. The van der Waals surface area contributed by atoms with E-state index in [0.29, 0.717) is 25.7 Å². The zero-order valence-electron chi connectivity index (χ0n) is 66.1. The standard InChI is InChI=1S/C87H144O17P2/c1-5-9-13-17-21-25-29-33-36-38-40-42-45-48-51-55-59-63-67-71-84(89)97-77-82(103-86(91)73-69-65-61-57-53-47-32-28-24-20-16-12-8-4)79-101-105(93,94)99-75-81(88)76-100-106(95,96)102-80-83(104-87(92)74-70-66-62-58-54-50-44-35-31-27-23-19-15-11-7-3)78-98-85(90)72-68-64-60-56-52-49-46-43-41-39-37-34-30-26-22-18-14-10-6-2/h10-11,14-15,21-23,25-27,33-37,40-44,49,52,54,58,66,70,81-83,88H,5-9,12-13,16-20,24,28-32,38-39,45-48,50-51,53,55-57,59-65,67-69,71-80H2,1-4H3,(H,93,94)(H,95,96)/b14-10-,15-11-,25-21-,26-22-,27-23-,36-33-,37-34-,42-40-,43-41-,44-35-,52-49-,58-54-,70-66-. The third-order valence-corrected chi connectivity index (χ3v) is 18.4. The number of aliphatic hydroxyl groups is 1.